The van der Waals surface area contributed by atoms with E-state index in [9.17, 15) is 4.79 Å². The fraction of sp³-hybridized carbons (Fsp3) is 0.417. The molecule has 6 heteroatoms. The van der Waals surface area contributed by atoms with Crippen molar-refractivity contribution in [3.05, 3.63) is 34.9 Å². The van der Waals surface area contributed by atoms with Crippen LogP contribution in [0.3, 0.4) is 0 Å². The molecule has 0 saturated heterocycles. The molecule has 0 aliphatic carbocycles. The van der Waals surface area contributed by atoms with E-state index in [4.69, 9.17) is 16.3 Å². The van der Waals surface area contributed by atoms with Gasteiger partial charge >= 0.3 is 0 Å². The SMILES string of the molecule is COCCNCCNC(=O)c1ccc(Cl)cc1.Cl. The average molecular weight is 293 g/mol. The molecule has 2 N–H and O–H groups in total. The van der Waals surface area contributed by atoms with Crippen LogP contribution in [0.5, 0.6) is 0 Å². The average Bonchev–Trinajstić information content (AvgIpc) is 2.34. The molecule has 0 fully saturated rings. The highest BCUT2D eigenvalue weighted by molar-refractivity contribution is 6.30. The van der Waals surface area contributed by atoms with Crippen LogP contribution in [0.2, 0.25) is 5.02 Å². The van der Waals surface area contributed by atoms with E-state index >= 15 is 0 Å². The molecule has 0 heterocycles. The van der Waals surface area contributed by atoms with Crippen LogP contribution in [0.15, 0.2) is 24.3 Å². The Morgan fingerprint density at radius 2 is 1.89 bits per heavy atom. The molecule has 1 amide bonds. The van der Waals surface area contributed by atoms with E-state index in [1.807, 2.05) is 0 Å². The van der Waals surface area contributed by atoms with Crippen LogP contribution >= 0.6 is 24.0 Å². The van der Waals surface area contributed by atoms with Crippen molar-refractivity contribution in [3.8, 4) is 0 Å². The summed E-state index contributed by atoms with van der Waals surface area (Å²) in [4.78, 5) is 11.6. The number of benzene rings is 1. The highest BCUT2D eigenvalue weighted by atomic mass is 35.5. The van der Waals surface area contributed by atoms with Crippen molar-refractivity contribution < 1.29 is 9.53 Å². The number of nitrogens with one attached hydrogen (secondary N) is 2. The zero-order valence-corrected chi connectivity index (χ0v) is 11.8. The second-order valence-corrected chi connectivity index (χ2v) is 3.94. The first kappa shape index (κ1) is 17.2. The first-order valence-corrected chi connectivity index (χ1v) is 5.85. The molecule has 0 bridgehead atoms. The molecule has 0 spiro atoms. The van der Waals surface area contributed by atoms with Crippen LogP contribution in [-0.2, 0) is 4.74 Å². The van der Waals surface area contributed by atoms with E-state index < -0.39 is 0 Å². The molecule has 0 unspecified atom stereocenters. The molecule has 0 saturated carbocycles. The number of carbonyl (C=O) groups excluding carboxylic acids is 1. The Bertz CT molecular complexity index is 344. The van der Waals surface area contributed by atoms with Crippen molar-refractivity contribution in [2.45, 2.75) is 0 Å². The van der Waals surface area contributed by atoms with Crippen LogP contribution < -0.4 is 10.6 Å². The van der Waals surface area contributed by atoms with Crippen LogP contribution in [-0.4, -0.2) is 39.3 Å². The molecule has 0 aliphatic heterocycles. The van der Waals surface area contributed by atoms with Gasteiger partial charge in [0.15, 0.2) is 0 Å². The second-order valence-electron chi connectivity index (χ2n) is 3.51. The van der Waals surface area contributed by atoms with Gasteiger partial charge in [0.25, 0.3) is 5.91 Å². The second kappa shape index (κ2) is 10.1. The zero-order chi connectivity index (χ0) is 12.5. The monoisotopic (exact) mass is 292 g/mol. The Kier molecular flexibility index (Phi) is 9.69. The topological polar surface area (TPSA) is 50.4 Å². The maximum Gasteiger partial charge on any atom is 0.251 e. The summed E-state index contributed by atoms with van der Waals surface area (Å²) in [7, 11) is 1.66. The number of carbonyl (C=O) groups is 1. The van der Waals surface area contributed by atoms with Gasteiger partial charge in [-0.25, -0.2) is 0 Å². The molecule has 102 valence electrons. The van der Waals surface area contributed by atoms with Crippen molar-refractivity contribution in [1.82, 2.24) is 10.6 Å². The Hall–Kier alpha value is -0.810. The first-order chi connectivity index (χ1) is 8.24. The Labute approximate surface area is 118 Å². The minimum atomic E-state index is -0.0878. The van der Waals surface area contributed by atoms with Crippen molar-refractivity contribution in [1.29, 1.82) is 0 Å². The number of amides is 1. The summed E-state index contributed by atoms with van der Waals surface area (Å²) in [5, 5.41) is 6.58. The summed E-state index contributed by atoms with van der Waals surface area (Å²) in [5.41, 5.74) is 0.617. The number of ether oxygens (including phenoxy) is 1. The molecular weight excluding hydrogens is 275 g/mol. The summed E-state index contributed by atoms with van der Waals surface area (Å²) in [5.74, 6) is -0.0878. The van der Waals surface area contributed by atoms with Crippen LogP contribution in [0, 0.1) is 0 Å². The van der Waals surface area contributed by atoms with Gasteiger partial charge in [-0.3, -0.25) is 4.79 Å². The van der Waals surface area contributed by atoms with Crippen molar-refractivity contribution in [2.24, 2.45) is 0 Å². The summed E-state index contributed by atoms with van der Waals surface area (Å²) in [6, 6.07) is 6.81. The Morgan fingerprint density at radius 1 is 1.22 bits per heavy atom. The van der Waals surface area contributed by atoms with Crippen LogP contribution in [0.4, 0.5) is 0 Å². The van der Waals surface area contributed by atoms with Gasteiger partial charge in [0.2, 0.25) is 0 Å². The molecule has 1 aromatic rings. The maximum absolute atomic E-state index is 11.6. The molecule has 18 heavy (non-hydrogen) atoms. The number of methoxy groups -OCH3 is 1. The molecule has 0 radical (unpaired) electrons. The van der Waals surface area contributed by atoms with Gasteiger partial charge in [0.05, 0.1) is 6.61 Å². The van der Waals surface area contributed by atoms with Gasteiger partial charge in [0.1, 0.15) is 0 Å². The molecule has 0 atom stereocenters. The number of rotatable bonds is 7. The summed E-state index contributed by atoms with van der Waals surface area (Å²) >= 11 is 5.74. The Balaban J connectivity index is 0.00000289. The highest BCUT2D eigenvalue weighted by Gasteiger charge is 2.03. The molecule has 1 aromatic carbocycles. The predicted molar refractivity (Wildman–Crippen MR) is 75.8 cm³/mol. The van der Waals surface area contributed by atoms with Crippen LogP contribution in [0.25, 0.3) is 0 Å². The minimum absolute atomic E-state index is 0. The molecule has 4 nitrogen and oxygen atoms in total. The van der Waals surface area contributed by atoms with Crippen molar-refractivity contribution in [3.63, 3.8) is 0 Å². The number of hydrogen-bond acceptors (Lipinski definition) is 3. The lowest BCUT2D eigenvalue weighted by Crippen LogP contribution is -2.33. The summed E-state index contributed by atoms with van der Waals surface area (Å²) < 4.78 is 4.89. The van der Waals surface area contributed by atoms with E-state index in [-0.39, 0.29) is 18.3 Å². The normalized spacial score (nSPS) is 9.67. The van der Waals surface area contributed by atoms with E-state index in [1.165, 1.54) is 0 Å². The van der Waals surface area contributed by atoms with E-state index in [1.54, 1.807) is 31.4 Å². The van der Waals surface area contributed by atoms with Gasteiger partial charge in [-0.1, -0.05) is 11.6 Å². The van der Waals surface area contributed by atoms with Crippen molar-refractivity contribution >= 4 is 29.9 Å². The van der Waals surface area contributed by atoms with E-state index in [0.29, 0.717) is 23.7 Å². The molecule has 0 aliphatic rings. The van der Waals surface area contributed by atoms with Gasteiger partial charge in [0, 0.05) is 37.3 Å². The number of hydrogen-bond donors (Lipinski definition) is 2. The Morgan fingerprint density at radius 3 is 2.50 bits per heavy atom. The minimum Gasteiger partial charge on any atom is -0.383 e. The smallest absolute Gasteiger partial charge is 0.251 e. The van der Waals surface area contributed by atoms with E-state index in [2.05, 4.69) is 10.6 Å². The third kappa shape index (κ3) is 6.81. The highest BCUT2D eigenvalue weighted by Crippen LogP contribution is 2.08. The largest absolute Gasteiger partial charge is 0.383 e. The lowest BCUT2D eigenvalue weighted by Gasteiger charge is -2.06. The third-order valence-electron chi connectivity index (χ3n) is 2.18. The maximum atomic E-state index is 11.6. The fourth-order valence-electron chi connectivity index (χ4n) is 1.27. The van der Waals surface area contributed by atoms with Crippen molar-refractivity contribution in [2.75, 3.05) is 33.4 Å². The van der Waals surface area contributed by atoms with Gasteiger partial charge in [-0.2, -0.15) is 0 Å². The summed E-state index contributed by atoms with van der Waals surface area (Å²) in [6.45, 7) is 2.77. The quantitative estimate of drug-likeness (QED) is 0.753. The predicted octanol–water partition coefficient (Wildman–Crippen LogP) is 1.73. The standard InChI is InChI=1S/C12H17ClN2O2.ClH/c1-17-9-8-14-6-7-15-12(16)10-2-4-11(13)5-3-10;/h2-5,14H,6-9H2,1H3,(H,15,16);1H. The van der Waals surface area contributed by atoms with Gasteiger partial charge < -0.3 is 15.4 Å². The van der Waals surface area contributed by atoms with Crippen LogP contribution in [0.1, 0.15) is 10.4 Å². The molecule has 1 rings (SSSR count). The summed E-state index contributed by atoms with van der Waals surface area (Å²) in [6.07, 6.45) is 0. The first-order valence-electron chi connectivity index (χ1n) is 5.47. The number of halogens is 2. The van der Waals surface area contributed by atoms with Gasteiger partial charge in [-0.05, 0) is 24.3 Å². The molecule has 0 aromatic heterocycles. The third-order valence-corrected chi connectivity index (χ3v) is 2.43. The zero-order valence-electron chi connectivity index (χ0n) is 10.2. The molecular formula is C12H18Cl2N2O2. The van der Waals surface area contributed by atoms with E-state index in [0.717, 1.165) is 13.1 Å². The fourth-order valence-corrected chi connectivity index (χ4v) is 1.39. The lowest BCUT2D eigenvalue weighted by molar-refractivity contribution is 0.0953. The van der Waals surface area contributed by atoms with Gasteiger partial charge in [-0.15, -0.1) is 12.4 Å². The lowest BCUT2D eigenvalue weighted by atomic mass is 10.2.